The van der Waals surface area contributed by atoms with E-state index >= 15 is 0 Å². The van der Waals surface area contributed by atoms with Gasteiger partial charge in [0.15, 0.2) is 11.6 Å². The molecular formula is C21H17F3N6O3S. The number of thiocarbonyl (C=S) groups is 1. The lowest BCUT2D eigenvalue weighted by molar-refractivity contribution is -0.274. The van der Waals surface area contributed by atoms with Gasteiger partial charge in [0.2, 0.25) is 5.82 Å². The minimum atomic E-state index is -4.76. The molecule has 0 N–H and O–H groups in total. The molecule has 34 heavy (non-hydrogen) atoms. The smallest absolute Gasteiger partial charge is 0.489 e. The predicted octanol–water partition coefficient (Wildman–Crippen LogP) is 3.30. The number of ether oxygens (including phenoxy) is 2. The van der Waals surface area contributed by atoms with Crippen LogP contribution in [0.15, 0.2) is 53.9 Å². The number of aliphatic imine (C=N–C) groups is 1. The number of aromatic nitrogens is 4. The summed E-state index contributed by atoms with van der Waals surface area (Å²) in [5.41, 5.74) is 0.638. The molecular weight excluding hydrogens is 473 g/mol. The van der Waals surface area contributed by atoms with Crippen LogP contribution in [-0.4, -0.2) is 56.9 Å². The molecule has 0 saturated carbocycles. The van der Waals surface area contributed by atoms with Crippen LogP contribution in [0.2, 0.25) is 0 Å². The van der Waals surface area contributed by atoms with Crippen LogP contribution in [0.1, 0.15) is 16.2 Å². The molecule has 3 heterocycles. The number of carbonyl (C=O) groups is 1. The zero-order valence-corrected chi connectivity index (χ0v) is 18.5. The van der Waals surface area contributed by atoms with Gasteiger partial charge in [-0.2, -0.15) is 0 Å². The predicted molar refractivity (Wildman–Crippen MR) is 119 cm³/mol. The molecule has 1 aromatic carbocycles. The van der Waals surface area contributed by atoms with E-state index in [1.165, 1.54) is 41.5 Å². The number of anilines is 1. The van der Waals surface area contributed by atoms with Gasteiger partial charge in [-0.05, 0) is 29.8 Å². The first kappa shape index (κ1) is 23.3. The van der Waals surface area contributed by atoms with E-state index in [4.69, 9.17) is 17.0 Å². The maximum Gasteiger partial charge on any atom is 0.573 e. The zero-order chi connectivity index (χ0) is 24.3. The second-order valence-corrected chi connectivity index (χ2v) is 7.60. The molecule has 0 unspecified atom stereocenters. The average molecular weight is 490 g/mol. The Kier molecular flexibility index (Phi) is 6.54. The number of halogens is 3. The highest BCUT2D eigenvalue weighted by atomic mass is 32.1. The average Bonchev–Trinajstić information content (AvgIpc) is 3.23. The first-order valence-corrected chi connectivity index (χ1v) is 10.3. The summed E-state index contributed by atoms with van der Waals surface area (Å²) in [7, 11) is 1.76. The third-order valence-corrected chi connectivity index (χ3v) is 5.31. The number of hydrogen-bond donors (Lipinski definition) is 0. The maximum atomic E-state index is 12.5. The third kappa shape index (κ3) is 5.54. The number of benzene rings is 1. The van der Waals surface area contributed by atoms with Gasteiger partial charge >= 0.3 is 12.3 Å². The minimum Gasteiger partial charge on any atom is -0.489 e. The summed E-state index contributed by atoms with van der Waals surface area (Å²) in [6, 6.07) is 8.83. The molecule has 4 rings (SSSR count). The summed E-state index contributed by atoms with van der Waals surface area (Å²) in [6.07, 6.45) is -0.399. The molecule has 13 heteroatoms. The number of amides is 1. The lowest BCUT2D eigenvalue weighted by atomic mass is 10.1. The number of alkyl halides is 3. The fourth-order valence-electron chi connectivity index (χ4n) is 3.13. The van der Waals surface area contributed by atoms with E-state index in [9.17, 15) is 18.0 Å². The van der Waals surface area contributed by atoms with E-state index in [0.29, 0.717) is 22.1 Å². The normalized spacial score (nSPS) is 16.2. The molecule has 0 bridgehead atoms. The van der Waals surface area contributed by atoms with Crippen molar-refractivity contribution >= 4 is 35.1 Å². The van der Waals surface area contributed by atoms with E-state index in [1.807, 2.05) is 0 Å². The molecule has 2 aromatic heterocycles. The fraction of sp³-hybridized carbons (Fsp3) is 0.238. The lowest BCUT2D eigenvalue weighted by Gasteiger charge is -2.19. The van der Waals surface area contributed by atoms with Crippen molar-refractivity contribution in [2.24, 2.45) is 10.9 Å². The highest BCUT2D eigenvalue weighted by Gasteiger charge is 2.31. The standard InChI is InChI=1S/C21H17F3N6O3S/c1-29-18-16(3-2-8-25-18)32-11-14(20(29)34)9-26-19(31)17-27-12-30(28-17)10-13-4-6-15(7-5-13)33-21(22,23)24/h2-9,12,14H,10-11H2,1H3/t14-/m0/s1. The molecule has 0 radical (unpaired) electrons. The first-order chi connectivity index (χ1) is 16.2. The summed E-state index contributed by atoms with van der Waals surface area (Å²) in [6.45, 7) is 0.376. The van der Waals surface area contributed by atoms with Gasteiger partial charge in [-0.25, -0.2) is 19.6 Å². The lowest BCUT2D eigenvalue weighted by Crippen LogP contribution is -2.33. The van der Waals surface area contributed by atoms with Crippen LogP contribution in [0, 0.1) is 5.92 Å². The Morgan fingerprint density at radius 2 is 2.06 bits per heavy atom. The Bertz CT molecular complexity index is 1230. The second kappa shape index (κ2) is 9.55. The van der Waals surface area contributed by atoms with E-state index in [1.54, 1.807) is 30.3 Å². The van der Waals surface area contributed by atoms with Crippen LogP contribution in [-0.2, 0) is 6.54 Å². The molecule has 0 spiro atoms. The van der Waals surface area contributed by atoms with E-state index in [0.717, 1.165) is 0 Å². The van der Waals surface area contributed by atoms with Crippen molar-refractivity contribution in [1.29, 1.82) is 0 Å². The van der Waals surface area contributed by atoms with Gasteiger partial charge in [0.05, 0.1) is 17.5 Å². The van der Waals surface area contributed by atoms with Crippen molar-refractivity contribution in [3.63, 3.8) is 0 Å². The summed E-state index contributed by atoms with van der Waals surface area (Å²) < 4.78 is 47.8. The van der Waals surface area contributed by atoms with Crippen molar-refractivity contribution in [2.75, 3.05) is 18.6 Å². The van der Waals surface area contributed by atoms with Crippen molar-refractivity contribution in [1.82, 2.24) is 19.7 Å². The molecule has 0 aliphatic carbocycles. The number of rotatable bonds is 5. The van der Waals surface area contributed by atoms with Gasteiger partial charge in [0, 0.05) is 19.5 Å². The second-order valence-electron chi connectivity index (χ2n) is 7.18. The molecule has 3 aromatic rings. The van der Waals surface area contributed by atoms with Crippen molar-refractivity contribution in [2.45, 2.75) is 12.9 Å². The molecule has 9 nitrogen and oxygen atoms in total. The van der Waals surface area contributed by atoms with Crippen LogP contribution in [0.4, 0.5) is 19.0 Å². The monoisotopic (exact) mass is 490 g/mol. The topological polar surface area (TPSA) is 94.7 Å². The summed E-state index contributed by atoms with van der Waals surface area (Å²) in [5, 5.41) is 4.08. The Morgan fingerprint density at radius 1 is 1.29 bits per heavy atom. The Labute approximate surface area is 196 Å². The summed E-state index contributed by atoms with van der Waals surface area (Å²) in [5.74, 6) is -0.422. The molecule has 1 atom stereocenters. The fourth-order valence-corrected chi connectivity index (χ4v) is 3.34. The SMILES string of the molecule is CN1C(=S)[C@@H](C=NC(=O)c2ncn(Cc3ccc(OC(F)(F)F)cc3)n2)COc2cccnc21. The van der Waals surface area contributed by atoms with Gasteiger partial charge in [-0.1, -0.05) is 24.4 Å². The van der Waals surface area contributed by atoms with Gasteiger partial charge in [-0.3, -0.25) is 4.79 Å². The van der Waals surface area contributed by atoms with Gasteiger partial charge in [-0.15, -0.1) is 18.3 Å². The molecule has 1 aliphatic heterocycles. The third-order valence-electron chi connectivity index (χ3n) is 4.74. The van der Waals surface area contributed by atoms with Gasteiger partial charge in [0.25, 0.3) is 0 Å². The van der Waals surface area contributed by atoms with E-state index < -0.39 is 18.2 Å². The molecule has 0 fully saturated rings. The zero-order valence-electron chi connectivity index (χ0n) is 17.6. The Balaban J connectivity index is 1.38. The Morgan fingerprint density at radius 3 is 2.79 bits per heavy atom. The summed E-state index contributed by atoms with van der Waals surface area (Å²) >= 11 is 5.49. The number of nitrogens with zero attached hydrogens (tertiary/aromatic N) is 6. The van der Waals surface area contributed by atoms with Crippen LogP contribution in [0.3, 0.4) is 0 Å². The Hall–Kier alpha value is -3.87. The maximum absolute atomic E-state index is 12.5. The van der Waals surface area contributed by atoms with Crippen LogP contribution in [0.25, 0.3) is 0 Å². The van der Waals surface area contributed by atoms with Crippen molar-refractivity contribution in [3.8, 4) is 11.5 Å². The molecule has 1 aliphatic rings. The number of pyridine rings is 1. The van der Waals surface area contributed by atoms with Crippen LogP contribution >= 0.6 is 12.2 Å². The first-order valence-electron chi connectivity index (χ1n) is 9.87. The highest BCUT2D eigenvalue weighted by molar-refractivity contribution is 7.80. The van der Waals surface area contributed by atoms with Crippen molar-refractivity contribution < 1.29 is 27.4 Å². The summed E-state index contributed by atoms with van der Waals surface area (Å²) in [4.78, 5) is 26.8. The quantitative estimate of drug-likeness (QED) is 0.397. The molecule has 176 valence electrons. The number of carbonyl (C=O) groups excluding carboxylic acids is 1. The van der Waals surface area contributed by atoms with Gasteiger partial charge < -0.3 is 14.4 Å². The number of fused-ring (bicyclic) bond motifs is 1. The van der Waals surface area contributed by atoms with Gasteiger partial charge in [0.1, 0.15) is 18.7 Å². The largest absolute Gasteiger partial charge is 0.573 e. The minimum absolute atomic E-state index is 0.132. The van der Waals surface area contributed by atoms with Crippen LogP contribution < -0.4 is 14.4 Å². The van der Waals surface area contributed by atoms with Crippen LogP contribution in [0.5, 0.6) is 11.5 Å². The van der Waals surface area contributed by atoms with Crippen molar-refractivity contribution in [3.05, 3.63) is 60.3 Å². The van der Waals surface area contributed by atoms with E-state index in [2.05, 4.69) is 24.8 Å². The number of hydrogen-bond acceptors (Lipinski definition) is 7. The molecule has 0 saturated heterocycles. The molecule has 1 amide bonds. The van der Waals surface area contributed by atoms with E-state index in [-0.39, 0.29) is 24.7 Å². The highest BCUT2D eigenvalue weighted by Crippen LogP contribution is 2.29.